The van der Waals surface area contributed by atoms with Gasteiger partial charge in [-0.15, -0.1) is 0 Å². The lowest BCUT2D eigenvalue weighted by atomic mass is 10.2. The Morgan fingerprint density at radius 1 is 1.03 bits per heavy atom. The van der Waals surface area contributed by atoms with Crippen LogP contribution in [-0.2, 0) is 14.8 Å². The van der Waals surface area contributed by atoms with Gasteiger partial charge >= 0.3 is 0 Å². The third-order valence-corrected chi connectivity index (χ3v) is 8.01. The molecule has 4 aromatic rings. The average Bonchev–Trinajstić information content (AvgIpc) is 3.16. The van der Waals surface area contributed by atoms with Crippen molar-refractivity contribution >= 4 is 43.8 Å². The molecular weight excluding hydrogens is 559 g/mol. The van der Waals surface area contributed by atoms with Crippen molar-refractivity contribution in [3.8, 4) is 5.69 Å². The van der Waals surface area contributed by atoms with E-state index in [1.165, 1.54) is 24.4 Å². The first kappa shape index (κ1) is 26.3. The molecule has 3 aromatic carbocycles. The van der Waals surface area contributed by atoms with Crippen LogP contribution in [0.2, 0.25) is 0 Å². The number of aromatic nitrogens is 1. The zero-order valence-corrected chi connectivity index (χ0v) is 22.5. The molecule has 0 aliphatic rings. The molecule has 10 heteroatoms. The Bertz CT molecular complexity index is 1550. The molecule has 0 spiro atoms. The van der Waals surface area contributed by atoms with Crippen LogP contribution in [0.3, 0.4) is 0 Å². The Hall–Kier alpha value is -3.76. The fourth-order valence-electron chi connectivity index (χ4n) is 3.90. The molecule has 0 saturated carbocycles. The van der Waals surface area contributed by atoms with Gasteiger partial charge in [-0.05, 0) is 68.4 Å². The maximum atomic E-state index is 14.3. The van der Waals surface area contributed by atoms with Gasteiger partial charge in [0.1, 0.15) is 12.4 Å². The van der Waals surface area contributed by atoms with E-state index in [2.05, 4.69) is 26.5 Å². The van der Waals surface area contributed by atoms with Gasteiger partial charge in [0, 0.05) is 21.4 Å². The van der Waals surface area contributed by atoms with E-state index in [0.717, 1.165) is 20.2 Å². The van der Waals surface area contributed by atoms with Crippen LogP contribution in [-0.4, -0.2) is 31.7 Å². The molecule has 7 nitrogen and oxygen atoms in total. The van der Waals surface area contributed by atoms with E-state index in [1.807, 2.05) is 19.9 Å². The molecule has 0 aliphatic carbocycles. The van der Waals surface area contributed by atoms with Gasteiger partial charge in [-0.25, -0.2) is 18.2 Å². The van der Waals surface area contributed by atoms with Gasteiger partial charge in [0.05, 0.1) is 22.5 Å². The second kappa shape index (κ2) is 11.1. The van der Waals surface area contributed by atoms with Crippen LogP contribution in [0.5, 0.6) is 0 Å². The third-order valence-electron chi connectivity index (χ3n) is 5.69. The summed E-state index contributed by atoms with van der Waals surface area (Å²) in [6, 6.07) is 22.8. The Labute approximate surface area is 223 Å². The molecule has 0 unspecified atom stereocenters. The number of rotatable bonds is 8. The number of aryl methyl sites for hydroxylation is 1. The highest BCUT2D eigenvalue weighted by molar-refractivity contribution is 9.10. The van der Waals surface area contributed by atoms with Crippen LogP contribution < -0.4 is 9.73 Å². The quantitative estimate of drug-likeness (QED) is 0.225. The molecule has 0 bridgehead atoms. The van der Waals surface area contributed by atoms with E-state index in [-0.39, 0.29) is 10.7 Å². The van der Waals surface area contributed by atoms with Crippen molar-refractivity contribution in [2.24, 2.45) is 5.10 Å². The minimum atomic E-state index is -4.02. The van der Waals surface area contributed by atoms with Crippen molar-refractivity contribution in [3.63, 3.8) is 0 Å². The first-order chi connectivity index (χ1) is 17.7. The van der Waals surface area contributed by atoms with Crippen molar-refractivity contribution < 1.29 is 17.6 Å². The minimum absolute atomic E-state index is 0.0646. The van der Waals surface area contributed by atoms with Crippen LogP contribution in [0, 0.1) is 19.7 Å². The van der Waals surface area contributed by atoms with Crippen molar-refractivity contribution in [3.05, 3.63) is 112 Å². The van der Waals surface area contributed by atoms with E-state index in [1.54, 1.807) is 65.2 Å². The first-order valence-electron chi connectivity index (χ1n) is 11.3. The minimum Gasteiger partial charge on any atom is -0.315 e. The van der Waals surface area contributed by atoms with Gasteiger partial charge in [-0.1, -0.05) is 46.3 Å². The molecule has 1 amide bonds. The lowest BCUT2D eigenvalue weighted by molar-refractivity contribution is -0.119. The number of para-hydroxylation sites is 1. The number of nitrogens with one attached hydrogen (secondary N) is 1. The highest BCUT2D eigenvalue weighted by Crippen LogP contribution is 2.25. The number of hydrogen-bond donors (Lipinski definition) is 1. The lowest BCUT2D eigenvalue weighted by Gasteiger charge is -2.23. The summed E-state index contributed by atoms with van der Waals surface area (Å²) in [4.78, 5) is 12.9. The van der Waals surface area contributed by atoms with Gasteiger partial charge in [0.15, 0.2) is 0 Å². The van der Waals surface area contributed by atoms with Gasteiger partial charge in [-0.3, -0.25) is 9.10 Å². The summed E-state index contributed by atoms with van der Waals surface area (Å²) in [6.07, 6.45) is 1.45. The first-order valence-corrected chi connectivity index (χ1v) is 13.5. The van der Waals surface area contributed by atoms with Gasteiger partial charge < -0.3 is 4.57 Å². The van der Waals surface area contributed by atoms with E-state index in [9.17, 15) is 17.6 Å². The fourth-order valence-corrected chi connectivity index (χ4v) is 5.61. The molecule has 37 heavy (non-hydrogen) atoms. The molecule has 1 heterocycles. The summed E-state index contributed by atoms with van der Waals surface area (Å²) < 4.78 is 44.6. The number of hydrogen-bond acceptors (Lipinski definition) is 4. The molecule has 0 radical (unpaired) electrons. The smallest absolute Gasteiger partial charge is 0.264 e. The Balaban J connectivity index is 1.55. The Morgan fingerprint density at radius 2 is 1.68 bits per heavy atom. The summed E-state index contributed by atoms with van der Waals surface area (Å²) in [5.74, 6) is -0.977. The predicted octanol–water partition coefficient (Wildman–Crippen LogP) is 5.34. The number of carbonyl (C=O) groups is 1. The zero-order chi connectivity index (χ0) is 26.6. The van der Waals surface area contributed by atoms with Crippen LogP contribution in [0.4, 0.5) is 10.1 Å². The third kappa shape index (κ3) is 5.81. The monoisotopic (exact) mass is 582 g/mol. The average molecular weight is 583 g/mol. The van der Waals surface area contributed by atoms with Crippen molar-refractivity contribution in [2.75, 3.05) is 10.8 Å². The maximum Gasteiger partial charge on any atom is 0.264 e. The van der Waals surface area contributed by atoms with E-state index in [4.69, 9.17) is 0 Å². The van der Waals surface area contributed by atoms with Crippen LogP contribution in [0.15, 0.2) is 99.4 Å². The number of nitrogens with zero attached hydrogens (tertiary/aromatic N) is 3. The number of carbonyl (C=O) groups excluding carboxylic acids is 1. The molecule has 1 N–H and O–H groups in total. The predicted molar refractivity (Wildman–Crippen MR) is 146 cm³/mol. The number of hydrazone groups is 1. The van der Waals surface area contributed by atoms with Gasteiger partial charge in [0.25, 0.3) is 15.9 Å². The van der Waals surface area contributed by atoms with Crippen LogP contribution in [0.1, 0.15) is 17.0 Å². The number of sulfonamides is 1. The molecule has 1 aromatic heterocycles. The summed E-state index contributed by atoms with van der Waals surface area (Å²) in [5, 5.41) is 4.03. The summed E-state index contributed by atoms with van der Waals surface area (Å²) in [7, 11) is -4.02. The summed E-state index contributed by atoms with van der Waals surface area (Å²) in [5.41, 5.74) is 5.37. The van der Waals surface area contributed by atoms with E-state index < -0.39 is 22.5 Å². The van der Waals surface area contributed by atoms with Crippen molar-refractivity contribution in [1.82, 2.24) is 9.99 Å². The molecule has 0 fully saturated rings. The van der Waals surface area contributed by atoms with Crippen LogP contribution in [0.25, 0.3) is 5.69 Å². The second-order valence-corrected chi connectivity index (χ2v) is 11.0. The van der Waals surface area contributed by atoms with Crippen LogP contribution >= 0.6 is 15.9 Å². The van der Waals surface area contributed by atoms with E-state index >= 15 is 0 Å². The SMILES string of the molecule is Cc1cc(/C=N\NC(=O)CN(c2ccc(Br)cc2)S(=O)(=O)c2ccccc2)c(C)n1-c1ccccc1F. The number of amides is 1. The highest BCUT2D eigenvalue weighted by atomic mass is 79.9. The van der Waals surface area contributed by atoms with Crippen molar-refractivity contribution in [2.45, 2.75) is 18.7 Å². The lowest BCUT2D eigenvalue weighted by Crippen LogP contribution is -2.39. The molecule has 0 saturated heterocycles. The molecule has 190 valence electrons. The summed E-state index contributed by atoms with van der Waals surface area (Å²) in [6.45, 7) is 3.19. The maximum absolute atomic E-state index is 14.3. The Kier molecular flexibility index (Phi) is 7.89. The number of anilines is 1. The largest absolute Gasteiger partial charge is 0.315 e. The molecule has 0 atom stereocenters. The standard InChI is InChI=1S/C27H24BrFN4O3S/c1-19-16-21(20(2)33(19)26-11-7-6-10-25(26)29)17-30-31-27(34)18-32(23-14-12-22(28)13-15-23)37(35,36)24-8-4-3-5-9-24/h3-17H,18H2,1-2H3,(H,31,34)/b30-17-. The number of benzene rings is 3. The fraction of sp³-hybridized carbons (Fsp3) is 0.111. The Morgan fingerprint density at radius 3 is 2.35 bits per heavy atom. The van der Waals surface area contributed by atoms with E-state index in [0.29, 0.717) is 16.9 Å². The van der Waals surface area contributed by atoms with Crippen molar-refractivity contribution in [1.29, 1.82) is 0 Å². The number of halogens is 2. The molecular formula is C27H24BrFN4O3S. The topological polar surface area (TPSA) is 83.8 Å². The summed E-state index contributed by atoms with van der Waals surface area (Å²) >= 11 is 3.34. The van der Waals surface area contributed by atoms with Gasteiger partial charge in [0.2, 0.25) is 0 Å². The zero-order valence-electron chi connectivity index (χ0n) is 20.1. The normalized spacial score (nSPS) is 11.6. The molecule has 4 rings (SSSR count). The second-order valence-electron chi connectivity index (χ2n) is 8.21. The highest BCUT2D eigenvalue weighted by Gasteiger charge is 2.27. The molecule has 0 aliphatic heterocycles. The van der Waals surface area contributed by atoms with Gasteiger partial charge in [-0.2, -0.15) is 5.10 Å².